The minimum absolute atomic E-state index is 0.0321. The van der Waals surface area contributed by atoms with Crippen molar-refractivity contribution in [2.75, 3.05) is 18.4 Å². The van der Waals surface area contributed by atoms with E-state index in [4.69, 9.17) is 0 Å². The molecule has 118 valence electrons. The zero-order chi connectivity index (χ0) is 16.1. The minimum atomic E-state index is -0.213. The molecule has 3 rings (SSSR count). The summed E-state index contributed by atoms with van der Waals surface area (Å²) < 4.78 is 0. The van der Waals surface area contributed by atoms with Crippen LogP contribution >= 0.6 is 0 Å². The molecular weight excluding hydrogens is 290 g/mol. The summed E-state index contributed by atoms with van der Waals surface area (Å²) in [6.45, 7) is 1.62. The van der Waals surface area contributed by atoms with Crippen LogP contribution < -0.4 is 5.32 Å². The number of piperidine rings is 1. The molecule has 5 nitrogen and oxygen atoms in total. The van der Waals surface area contributed by atoms with Gasteiger partial charge in [-0.25, -0.2) is 0 Å². The fourth-order valence-corrected chi connectivity index (χ4v) is 2.72. The van der Waals surface area contributed by atoms with Crippen LogP contribution in [0.3, 0.4) is 0 Å². The molecule has 0 spiro atoms. The van der Waals surface area contributed by atoms with Crippen LogP contribution in [0.25, 0.3) is 0 Å². The molecule has 2 amide bonds. The van der Waals surface area contributed by atoms with E-state index < -0.39 is 0 Å². The van der Waals surface area contributed by atoms with E-state index in [2.05, 4.69) is 10.3 Å². The molecule has 23 heavy (non-hydrogen) atoms. The topological polar surface area (TPSA) is 62.3 Å². The Morgan fingerprint density at radius 3 is 2.43 bits per heavy atom. The molecule has 1 saturated heterocycles. The van der Waals surface area contributed by atoms with Crippen molar-refractivity contribution in [3.8, 4) is 0 Å². The van der Waals surface area contributed by atoms with Gasteiger partial charge in [0.05, 0.1) is 0 Å². The number of aromatic nitrogens is 1. The molecule has 1 N–H and O–H groups in total. The first-order valence-electron chi connectivity index (χ1n) is 7.85. The van der Waals surface area contributed by atoms with Crippen molar-refractivity contribution in [2.24, 2.45) is 0 Å². The Kier molecular flexibility index (Phi) is 4.66. The minimum Gasteiger partial charge on any atom is -0.339 e. The quantitative estimate of drug-likeness (QED) is 0.948. The van der Waals surface area contributed by atoms with Crippen molar-refractivity contribution < 1.29 is 9.59 Å². The number of amides is 2. The van der Waals surface area contributed by atoms with E-state index in [-0.39, 0.29) is 11.8 Å². The summed E-state index contributed by atoms with van der Waals surface area (Å²) in [6.07, 6.45) is 6.46. The molecule has 0 unspecified atom stereocenters. The summed E-state index contributed by atoms with van der Waals surface area (Å²) in [4.78, 5) is 30.5. The molecule has 1 fully saturated rings. The van der Waals surface area contributed by atoms with Crippen molar-refractivity contribution in [1.82, 2.24) is 9.88 Å². The highest BCUT2D eigenvalue weighted by atomic mass is 16.2. The first-order chi connectivity index (χ1) is 11.2. The number of anilines is 1. The van der Waals surface area contributed by atoms with Gasteiger partial charge in [0.1, 0.15) is 0 Å². The van der Waals surface area contributed by atoms with Crippen molar-refractivity contribution in [3.63, 3.8) is 0 Å². The van der Waals surface area contributed by atoms with Crippen LogP contribution in [0.4, 0.5) is 5.69 Å². The summed E-state index contributed by atoms with van der Waals surface area (Å²) in [5.74, 6) is -0.181. The molecule has 2 heterocycles. The van der Waals surface area contributed by atoms with E-state index in [0.29, 0.717) is 16.8 Å². The van der Waals surface area contributed by atoms with Gasteiger partial charge < -0.3 is 10.2 Å². The van der Waals surface area contributed by atoms with Gasteiger partial charge in [-0.1, -0.05) is 6.07 Å². The second-order valence-corrected chi connectivity index (χ2v) is 5.62. The average Bonchev–Trinajstić information content (AvgIpc) is 2.63. The molecule has 1 aromatic heterocycles. The predicted octanol–water partition coefficient (Wildman–Crippen LogP) is 2.96. The Labute approximate surface area is 135 Å². The second kappa shape index (κ2) is 7.05. The first-order valence-corrected chi connectivity index (χ1v) is 7.85. The number of rotatable bonds is 3. The van der Waals surface area contributed by atoms with Gasteiger partial charge in [0.2, 0.25) is 0 Å². The number of carbonyl (C=O) groups is 2. The highest BCUT2D eigenvalue weighted by Crippen LogP contribution is 2.17. The fourth-order valence-electron chi connectivity index (χ4n) is 2.72. The fraction of sp³-hybridized carbons (Fsp3) is 0.278. The lowest BCUT2D eigenvalue weighted by Gasteiger charge is -2.26. The Morgan fingerprint density at radius 2 is 1.70 bits per heavy atom. The number of benzene rings is 1. The van der Waals surface area contributed by atoms with Gasteiger partial charge in [-0.05, 0) is 49.6 Å². The Balaban J connectivity index is 1.72. The largest absolute Gasteiger partial charge is 0.339 e. The first kappa shape index (κ1) is 15.2. The Bertz CT molecular complexity index is 694. The number of hydrogen-bond acceptors (Lipinski definition) is 3. The zero-order valence-electron chi connectivity index (χ0n) is 12.9. The lowest BCUT2D eigenvalue weighted by atomic mass is 10.1. The van der Waals surface area contributed by atoms with E-state index in [9.17, 15) is 9.59 Å². The third kappa shape index (κ3) is 3.74. The molecule has 0 radical (unpaired) electrons. The van der Waals surface area contributed by atoms with Crippen molar-refractivity contribution in [1.29, 1.82) is 0 Å². The number of nitrogens with one attached hydrogen (secondary N) is 1. The SMILES string of the molecule is O=C(Nc1cccc(C(=O)N2CCCCC2)c1)c1ccncc1. The van der Waals surface area contributed by atoms with E-state index in [1.165, 1.54) is 6.42 Å². The van der Waals surface area contributed by atoms with Crippen LogP contribution in [0.2, 0.25) is 0 Å². The van der Waals surface area contributed by atoms with Crippen molar-refractivity contribution in [3.05, 3.63) is 59.9 Å². The van der Waals surface area contributed by atoms with Crippen LogP contribution in [0.5, 0.6) is 0 Å². The highest BCUT2D eigenvalue weighted by molar-refractivity contribution is 6.05. The maximum Gasteiger partial charge on any atom is 0.255 e. The Hall–Kier alpha value is -2.69. The summed E-state index contributed by atoms with van der Waals surface area (Å²) in [5, 5.41) is 2.82. The Morgan fingerprint density at radius 1 is 0.957 bits per heavy atom. The molecule has 1 aromatic carbocycles. The van der Waals surface area contributed by atoms with Gasteiger partial charge in [0, 0.05) is 42.3 Å². The van der Waals surface area contributed by atoms with Crippen LogP contribution in [0.15, 0.2) is 48.8 Å². The molecule has 0 saturated carbocycles. The van der Waals surface area contributed by atoms with Gasteiger partial charge in [-0.3, -0.25) is 14.6 Å². The highest BCUT2D eigenvalue weighted by Gasteiger charge is 2.18. The molecular formula is C18H19N3O2. The van der Waals surface area contributed by atoms with Crippen LogP contribution in [-0.2, 0) is 0 Å². The van der Waals surface area contributed by atoms with E-state index in [1.54, 1.807) is 48.8 Å². The van der Waals surface area contributed by atoms with Gasteiger partial charge in [0.25, 0.3) is 11.8 Å². The van der Waals surface area contributed by atoms with Gasteiger partial charge >= 0.3 is 0 Å². The van der Waals surface area contributed by atoms with Gasteiger partial charge in [-0.2, -0.15) is 0 Å². The second-order valence-electron chi connectivity index (χ2n) is 5.62. The maximum atomic E-state index is 12.5. The smallest absolute Gasteiger partial charge is 0.255 e. The molecule has 0 bridgehead atoms. The molecule has 0 aliphatic carbocycles. The molecule has 1 aliphatic heterocycles. The van der Waals surface area contributed by atoms with Gasteiger partial charge in [0.15, 0.2) is 0 Å². The van der Waals surface area contributed by atoms with Crippen LogP contribution in [-0.4, -0.2) is 34.8 Å². The third-order valence-corrected chi connectivity index (χ3v) is 3.95. The number of nitrogens with zero attached hydrogens (tertiary/aromatic N) is 2. The summed E-state index contributed by atoms with van der Waals surface area (Å²) in [7, 11) is 0. The maximum absolute atomic E-state index is 12.5. The standard InChI is InChI=1S/C18H19N3O2/c22-17(14-7-9-19-10-8-14)20-16-6-4-5-15(13-16)18(23)21-11-2-1-3-12-21/h4-10,13H,1-3,11-12H2,(H,20,22). The monoisotopic (exact) mass is 309 g/mol. The molecule has 2 aromatic rings. The third-order valence-electron chi connectivity index (χ3n) is 3.95. The number of hydrogen-bond donors (Lipinski definition) is 1. The van der Waals surface area contributed by atoms with Gasteiger partial charge in [-0.15, -0.1) is 0 Å². The van der Waals surface area contributed by atoms with Crippen molar-refractivity contribution >= 4 is 17.5 Å². The molecule has 0 atom stereocenters. The summed E-state index contributed by atoms with van der Waals surface area (Å²) >= 11 is 0. The normalized spacial score (nSPS) is 14.3. The average molecular weight is 309 g/mol. The lowest BCUT2D eigenvalue weighted by molar-refractivity contribution is 0.0724. The molecule has 1 aliphatic rings. The zero-order valence-corrected chi connectivity index (χ0v) is 12.9. The number of carbonyl (C=O) groups excluding carboxylic acids is 2. The van der Waals surface area contributed by atoms with Crippen molar-refractivity contribution in [2.45, 2.75) is 19.3 Å². The van der Waals surface area contributed by atoms with E-state index in [1.807, 2.05) is 4.90 Å². The number of pyridine rings is 1. The van der Waals surface area contributed by atoms with E-state index >= 15 is 0 Å². The van der Waals surface area contributed by atoms with Crippen LogP contribution in [0, 0.1) is 0 Å². The lowest BCUT2D eigenvalue weighted by Crippen LogP contribution is -2.35. The molecule has 5 heteroatoms. The van der Waals surface area contributed by atoms with Crippen LogP contribution in [0.1, 0.15) is 40.0 Å². The number of likely N-dealkylation sites (tertiary alicyclic amines) is 1. The van der Waals surface area contributed by atoms with E-state index in [0.717, 1.165) is 25.9 Å². The summed E-state index contributed by atoms with van der Waals surface area (Å²) in [6, 6.07) is 10.4. The predicted molar refractivity (Wildman–Crippen MR) is 88.4 cm³/mol. The summed E-state index contributed by atoms with van der Waals surface area (Å²) in [5.41, 5.74) is 1.77.